The van der Waals surface area contributed by atoms with Gasteiger partial charge < -0.3 is 10.1 Å². The number of rotatable bonds is 8. The molecule has 1 aliphatic rings. The molecule has 1 saturated carbocycles. The third-order valence-electron chi connectivity index (χ3n) is 3.14. The van der Waals surface area contributed by atoms with Crippen LogP contribution >= 0.6 is 0 Å². The maximum atomic E-state index is 12.0. The second-order valence-electron chi connectivity index (χ2n) is 4.63. The molecule has 0 aromatic heterocycles. The van der Waals surface area contributed by atoms with Gasteiger partial charge in [-0.1, -0.05) is 19.8 Å². The minimum Gasteiger partial charge on any atom is -0.383 e. The lowest BCUT2D eigenvalue weighted by Crippen LogP contribution is -2.38. The van der Waals surface area contributed by atoms with Crippen molar-refractivity contribution in [1.29, 1.82) is 0 Å². The zero-order valence-electron chi connectivity index (χ0n) is 10.5. The molecule has 3 nitrogen and oxygen atoms in total. The second kappa shape index (κ2) is 8.20. The van der Waals surface area contributed by atoms with Gasteiger partial charge >= 0.3 is 0 Å². The second-order valence-corrected chi connectivity index (χ2v) is 6.18. The van der Waals surface area contributed by atoms with Crippen LogP contribution in [0.3, 0.4) is 0 Å². The van der Waals surface area contributed by atoms with Gasteiger partial charge in [-0.3, -0.25) is 4.21 Å². The molecule has 0 aromatic rings. The molecule has 0 spiro atoms. The molecule has 2 unspecified atom stereocenters. The highest BCUT2D eigenvalue weighted by Crippen LogP contribution is 2.25. The Kier molecular flexibility index (Phi) is 7.25. The predicted molar refractivity (Wildman–Crippen MR) is 69.2 cm³/mol. The Bertz CT molecular complexity index is 199. The van der Waals surface area contributed by atoms with E-state index in [1.54, 1.807) is 7.11 Å². The zero-order valence-corrected chi connectivity index (χ0v) is 11.4. The van der Waals surface area contributed by atoms with Gasteiger partial charge in [0.05, 0.1) is 6.61 Å². The number of ether oxygens (including phenoxy) is 1. The highest BCUT2D eigenvalue weighted by Gasteiger charge is 2.19. The average molecular weight is 247 g/mol. The van der Waals surface area contributed by atoms with Gasteiger partial charge in [-0.15, -0.1) is 0 Å². The molecule has 1 fully saturated rings. The highest BCUT2D eigenvalue weighted by atomic mass is 32.2. The summed E-state index contributed by atoms with van der Waals surface area (Å²) in [5.41, 5.74) is 0. The van der Waals surface area contributed by atoms with Crippen molar-refractivity contribution in [2.45, 2.75) is 38.6 Å². The lowest BCUT2D eigenvalue weighted by molar-refractivity contribution is 0.174. The van der Waals surface area contributed by atoms with Crippen molar-refractivity contribution in [3.8, 4) is 0 Å². The zero-order chi connectivity index (χ0) is 11.8. The smallest absolute Gasteiger partial charge is 0.0624 e. The van der Waals surface area contributed by atoms with Crippen molar-refractivity contribution in [2.24, 2.45) is 5.92 Å². The van der Waals surface area contributed by atoms with Crippen molar-refractivity contribution >= 4 is 10.8 Å². The molecule has 96 valence electrons. The van der Waals surface area contributed by atoms with Crippen molar-refractivity contribution in [3.05, 3.63) is 0 Å². The van der Waals surface area contributed by atoms with E-state index in [1.165, 1.54) is 25.7 Å². The molecular weight excluding hydrogens is 222 g/mol. The molecule has 0 saturated heterocycles. The molecule has 2 atom stereocenters. The number of nitrogens with one attached hydrogen (secondary N) is 1. The van der Waals surface area contributed by atoms with Gasteiger partial charge in [-0.25, -0.2) is 0 Å². The third-order valence-corrected chi connectivity index (χ3v) is 4.76. The summed E-state index contributed by atoms with van der Waals surface area (Å²) in [6, 6.07) is 0.247. The van der Waals surface area contributed by atoms with E-state index < -0.39 is 10.8 Å². The number of hydrogen-bond donors (Lipinski definition) is 1. The molecule has 0 radical (unpaired) electrons. The number of methoxy groups -OCH3 is 1. The Morgan fingerprint density at radius 2 is 2.12 bits per heavy atom. The van der Waals surface area contributed by atoms with Gasteiger partial charge in [0.15, 0.2) is 0 Å². The minimum atomic E-state index is -0.685. The highest BCUT2D eigenvalue weighted by molar-refractivity contribution is 7.85. The van der Waals surface area contributed by atoms with Gasteiger partial charge in [0.1, 0.15) is 0 Å². The van der Waals surface area contributed by atoms with Crippen molar-refractivity contribution < 1.29 is 8.95 Å². The van der Waals surface area contributed by atoms with E-state index in [9.17, 15) is 4.21 Å². The molecular formula is C12H25NO2S. The monoisotopic (exact) mass is 247 g/mol. The van der Waals surface area contributed by atoms with Gasteiger partial charge in [0.25, 0.3) is 0 Å². The lowest BCUT2D eigenvalue weighted by Gasteiger charge is -2.17. The van der Waals surface area contributed by atoms with Gasteiger partial charge in [0, 0.05) is 35.5 Å². The molecule has 4 heteroatoms. The molecule has 0 bridgehead atoms. The fourth-order valence-electron chi connectivity index (χ4n) is 2.39. The Labute approximate surface area is 102 Å². The average Bonchev–Trinajstić information content (AvgIpc) is 2.71. The first-order chi connectivity index (χ1) is 7.76. The Morgan fingerprint density at radius 3 is 2.69 bits per heavy atom. The molecule has 0 amide bonds. The topological polar surface area (TPSA) is 38.3 Å². The summed E-state index contributed by atoms with van der Waals surface area (Å²) in [6.45, 7) is 3.64. The largest absolute Gasteiger partial charge is 0.383 e. The Balaban J connectivity index is 2.23. The van der Waals surface area contributed by atoms with E-state index in [1.807, 2.05) is 0 Å². The van der Waals surface area contributed by atoms with Gasteiger partial charge in [-0.2, -0.15) is 0 Å². The Hall–Kier alpha value is 0.0700. The predicted octanol–water partition coefficient (Wildman–Crippen LogP) is 1.55. The first kappa shape index (κ1) is 14.1. The van der Waals surface area contributed by atoms with Crippen molar-refractivity contribution in [2.75, 3.05) is 31.8 Å². The fourth-order valence-corrected chi connectivity index (χ4v) is 4.05. The normalized spacial score (nSPS) is 21.1. The van der Waals surface area contributed by atoms with Crippen LogP contribution in [-0.2, 0) is 15.5 Å². The summed E-state index contributed by atoms with van der Waals surface area (Å²) in [5.74, 6) is 2.34. The quantitative estimate of drug-likeness (QED) is 0.707. The lowest BCUT2D eigenvalue weighted by atomic mass is 10.1. The van der Waals surface area contributed by atoms with Crippen LogP contribution in [0.1, 0.15) is 32.6 Å². The van der Waals surface area contributed by atoms with E-state index in [4.69, 9.17) is 4.74 Å². The van der Waals surface area contributed by atoms with Crippen LogP contribution in [0.2, 0.25) is 0 Å². The molecule has 1 rings (SSSR count). The molecule has 0 heterocycles. The summed E-state index contributed by atoms with van der Waals surface area (Å²) in [7, 11) is 1.01. The van der Waals surface area contributed by atoms with Crippen molar-refractivity contribution in [3.63, 3.8) is 0 Å². The van der Waals surface area contributed by atoms with Crippen LogP contribution in [0.5, 0.6) is 0 Å². The van der Waals surface area contributed by atoms with Crippen LogP contribution in [0.25, 0.3) is 0 Å². The van der Waals surface area contributed by atoms with E-state index in [-0.39, 0.29) is 6.04 Å². The molecule has 16 heavy (non-hydrogen) atoms. The van der Waals surface area contributed by atoms with Crippen LogP contribution in [-0.4, -0.2) is 42.0 Å². The molecule has 1 aliphatic carbocycles. The van der Waals surface area contributed by atoms with E-state index in [0.29, 0.717) is 12.5 Å². The first-order valence-electron chi connectivity index (χ1n) is 6.33. The van der Waals surface area contributed by atoms with Crippen LogP contribution in [0, 0.1) is 5.92 Å². The summed E-state index contributed by atoms with van der Waals surface area (Å²) >= 11 is 0. The Morgan fingerprint density at radius 1 is 1.44 bits per heavy atom. The number of hydrogen-bond acceptors (Lipinski definition) is 3. The molecule has 1 N–H and O–H groups in total. The third kappa shape index (κ3) is 5.41. The summed E-state index contributed by atoms with van der Waals surface area (Å²) < 4.78 is 17.1. The summed E-state index contributed by atoms with van der Waals surface area (Å²) in [5, 5.41) is 3.32. The van der Waals surface area contributed by atoms with Crippen LogP contribution in [0.15, 0.2) is 0 Å². The van der Waals surface area contributed by atoms with Gasteiger partial charge in [0.2, 0.25) is 0 Å². The molecule has 0 aromatic carbocycles. The maximum absolute atomic E-state index is 12.0. The fraction of sp³-hybridized carbons (Fsp3) is 1.00. The minimum absolute atomic E-state index is 0.247. The van der Waals surface area contributed by atoms with Crippen molar-refractivity contribution in [1.82, 2.24) is 5.32 Å². The van der Waals surface area contributed by atoms with Crippen LogP contribution < -0.4 is 5.32 Å². The maximum Gasteiger partial charge on any atom is 0.0624 e. The van der Waals surface area contributed by atoms with E-state index >= 15 is 0 Å². The first-order valence-corrected chi connectivity index (χ1v) is 7.82. The molecule has 0 aliphatic heterocycles. The standard InChI is InChI=1S/C12H25NO2S/c1-3-13-12(8-15-2)10-16(14)9-11-6-4-5-7-11/h11-13H,3-10H2,1-2H3. The number of likely N-dealkylation sites (N-methyl/N-ethyl adjacent to an activating group) is 1. The summed E-state index contributed by atoms with van der Waals surface area (Å²) in [4.78, 5) is 0. The van der Waals surface area contributed by atoms with Gasteiger partial charge in [-0.05, 0) is 25.3 Å². The van der Waals surface area contributed by atoms with E-state index in [2.05, 4.69) is 12.2 Å². The SMILES string of the molecule is CCNC(COC)CS(=O)CC1CCCC1. The summed E-state index contributed by atoms with van der Waals surface area (Å²) in [6.07, 6.45) is 5.22. The van der Waals surface area contributed by atoms with Crippen LogP contribution in [0.4, 0.5) is 0 Å². The van der Waals surface area contributed by atoms with E-state index in [0.717, 1.165) is 18.1 Å².